The molecular weight excluding hydrogens is 681 g/mol. The lowest BCUT2D eigenvalue weighted by Gasteiger charge is -2.32. The van der Waals surface area contributed by atoms with Gasteiger partial charge in [-0.25, -0.2) is 4.98 Å². The molecule has 0 amide bonds. The average Bonchev–Trinajstić information content (AvgIpc) is 3.21. The molecule has 4 heteroatoms. The number of benzene rings is 7. The number of anilines is 6. The Bertz CT molecular complexity index is 2540. The Kier molecular flexibility index (Phi) is 10.0. The van der Waals surface area contributed by atoms with Crippen molar-refractivity contribution in [3.63, 3.8) is 0 Å². The van der Waals surface area contributed by atoms with E-state index in [-0.39, 0.29) is 0 Å². The first-order chi connectivity index (χ1) is 27.2. The molecule has 8 rings (SSSR count). The lowest BCUT2D eigenvalue weighted by Crippen LogP contribution is -2.16. The molecule has 0 fully saturated rings. The minimum Gasteiger partial charge on any atom is -0.309 e. The van der Waals surface area contributed by atoms with Crippen molar-refractivity contribution in [3.05, 3.63) is 203 Å². The number of rotatable bonds is 9. The van der Waals surface area contributed by atoms with Gasteiger partial charge in [0.25, 0.3) is 0 Å². The number of hydrogen-bond acceptors (Lipinski definition) is 4. The van der Waals surface area contributed by atoms with E-state index >= 15 is 0 Å². The second-order valence-corrected chi connectivity index (χ2v) is 14.8. The van der Waals surface area contributed by atoms with E-state index in [1.807, 2.05) is 30.6 Å². The van der Waals surface area contributed by atoms with Crippen LogP contribution in [0.5, 0.6) is 0 Å². The van der Waals surface area contributed by atoms with Gasteiger partial charge < -0.3 is 4.90 Å². The van der Waals surface area contributed by atoms with Crippen LogP contribution in [0.15, 0.2) is 170 Å². The summed E-state index contributed by atoms with van der Waals surface area (Å²) < 4.78 is 0. The van der Waals surface area contributed by atoms with Gasteiger partial charge in [0.05, 0.1) is 29.5 Å². The molecule has 0 saturated carbocycles. The van der Waals surface area contributed by atoms with Gasteiger partial charge in [0.15, 0.2) is 5.82 Å². The summed E-state index contributed by atoms with van der Waals surface area (Å²) in [7, 11) is 0. The second kappa shape index (κ2) is 15.5. The monoisotopic (exact) mass is 726 g/mol. The van der Waals surface area contributed by atoms with Gasteiger partial charge in [-0.2, -0.15) is 0 Å². The Hall–Kier alpha value is -6.78. The fraction of sp³-hybridized carbons (Fsp3) is 0.115. The molecule has 0 N–H and O–H groups in total. The molecule has 0 unspecified atom stereocenters. The molecule has 56 heavy (non-hydrogen) atoms. The van der Waals surface area contributed by atoms with Crippen LogP contribution in [0.1, 0.15) is 33.4 Å². The Morgan fingerprint density at radius 2 is 0.839 bits per heavy atom. The van der Waals surface area contributed by atoms with Gasteiger partial charge in [0, 0.05) is 22.6 Å². The van der Waals surface area contributed by atoms with Crippen molar-refractivity contribution >= 4 is 34.3 Å². The van der Waals surface area contributed by atoms with Crippen molar-refractivity contribution in [2.75, 3.05) is 9.80 Å². The summed E-state index contributed by atoms with van der Waals surface area (Å²) >= 11 is 0. The standard InChI is InChI=1S/C52H46N4/c1-35-28-37(3)51(38(4)29-35)56(52-39(5)30-36(2)31-40(52)6)45-26-24-44(25-27-45)55(50-34-53-33-49(54-50)42-18-11-8-12-19-42)46-21-15-20-43(32-46)48-23-14-13-22-47(48)41-16-9-7-10-17-41/h7-34H,1-6H3. The third-order valence-corrected chi connectivity index (χ3v) is 10.4. The third kappa shape index (κ3) is 7.22. The van der Waals surface area contributed by atoms with Gasteiger partial charge in [-0.15, -0.1) is 0 Å². The van der Waals surface area contributed by atoms with Gasteiger partial charge in [-0.05, 0) is 122 Å². The van der Waals surface area contributed by atoms with Crippen LogP contribution >= 0.6 is 0 Å². The maximum absolute atomic E-state index is 5.23. The highest BCUT2D eigenvalue weighted by molar-refractivity contribution is 5.88. The fourth-order valence-corrected chi connectivity index (χ4v) is 8.21. The summed E-state index contributed by atoms with van der Waals surface area (Å²) in [5, 5.41) is 0. The van der Waals surface area contributed by atoms with Crippen LogP contribution in [0, 0.1) is 41.5 Å². The number of hydrogen-bond donors (Lipinski definition) is 0. The largest absolute Gasteiger partial charge is 0.309 e. The van der Waals surface area contributed by atoms with Crippen molar-refractivity contribution in [1.29, 1.82) is 0 Å². The molecule has 0 aliphatic heterocycles. The molecule has 0 radical (unpaired) electrons. The third-order valence-electron chi connectivity index (χ3n) is 10.4. The summed E-state index contributed by atoms with van der Waals surface area (Å²) in [4.78, 5) is 14.6. The van der Waals surface area contributed by atoms with E-state index in [2.05, 4.69) is 191 Å². The molecule has 0 spiro atoms. The van der Waals surface area contributed by atoms with Gasteiger partial charge in [-0.3, -0.25) is 9.88 Å². The highest BCUT2D eigenvalue weighted by Gasteiger charge is 2.23. The minimum absolute atomic E-state index is 0.736. The number of nitrogens with zero attached hydrogens (tertiary/aromatic N) is 4. The Labute approximate surface area is 331 Å². The highest BCUT2D eigenvalue weighted by Crippen LogP contribution is 2.44. The average molecular weight is 727 g/mol. The molecule has 1 heterocycles. The predicted octanol–water partition coefficient (Wildman–Crippen LogP) is 14.3. The molecule has 1 aromatic heterocycles. The van der Waals surface area contributed by atoms with E-state index in [0.717, 1.165) is 39.7 Å². The van der Waals surface area contributed by atoms with Crippen LogP contribution in [0.4, 0.5) is 34.3 Å². The summed E-state index contributed by atoms with van der Waals surface area (Å²) in [6.07, 6.45) is 3.69. The number of aromatic nitrogens is 2. The Morgan fingerprint density at radius 3 is 1.39 bits per heavy atom. The predicted molar refractivity (Wildman–Crippen MR) is 236 cm³/mol. The fourth-order valence-electron chi connectivity index (χ4n) is 8.21. The first-order valence-corrected chi connectivity index (χ1v) is 19.2. The quantitative estimate of drug-likeness (QED) is 0.148. The summed E-state index contributed by atoms with van der Waals surface area (Å²) in [5.41, 5.74) is 19.5. The van der Waals surface area contributed by atoms with Gasteiger partial charge in [0.2, 0.25) is 0 Å². The van der Waals surface area contributed by atoms with Crippen molar-refractivity contribution in [3.8, 4) is 33.5 Å². The van der Waals surface area contributed by atoms with Crippen LogP contribution < -0.4 is 9.80 Å². The maximum Gasteiger partial charge on any atom is 0.156 e. The van der Waals surface area contributed by atoms with Gasteiger partial charge >= 0.3 is 0 Å². The minimum atomic E-state index is 0.736. The van der Waals surface area contributed by atoms with Crippen LogP contribution in [0.3, 0.4) is 0 Å². The lowest BCUT2D eigenvalue weighted by atomic mass is 9.94. The second-order valence-electron chi connectivity index (χ2n) is 14.8. The van der Waals surface area contributed by atoms with Crippen LogP contribution in [0.25, 0.3) is 33.5 Å². The topological polar surface area (TPSA) is 32.3 Å². The smallest absolute Gasteiger partial charge is 0.156 e. The van der Waals surface area contributed by atoms with Gasteiger partial charge in [0.1, 0.15) is 0 Å². The molecule has 0 saturated heterocycles. The Balaban J connectivity index is 1.29. The zero-order valence-electron chi connectivity index (χ0n) is 33.0. The van der Waals surface area contributed by atoms with Gasteiger partial charge in [-0.1, -0.05) is 132 Å². The maximum atomic E-state index is 5.23. The van der Waals surface area contributed by atoms with E-state index in [0.29, 0.717) is 0 Å². The number of aryl methyl sites for hydroxylation is 6. The SMILES string of the molecule is Cc1cc(C)c(N(c2ccc(N(c3cccc(-c4ccccc4-c4ccccc4)c3)c3cncc(-c4ccccc4)n3)cc2)c2c(C)cc(C)cc2C)c(C)c1. The first kappa shape index (κ1) is 36.2. The molecule has 0 aliphatic carbocycles. The van der Waals surface area contributed by atoms with Crippen LogP contribution in [-0.4, -0.2) is 9.97 Å². The van der Waals surface area contributed by atoms with E-state index < -0.39 is 0 Å². The molecule has 0 atom stereocenters. The highest BCUT2D eigenvalue weighted by atomic mass is 15.2. The summed E-state index contributed by atoms with van der Waals surface area (Å²) in [6, 6.07) is 56.2. The van der Waals surface area contributed by atoms with Crippen molar-refractivity contribution in [1.82, 2.24) is 9.97 Å². The first-order valence-electron chi connectivity index (χ1n) is 19.2. The molecular formula is C52H46N4. The summed E-state index contributed by atoms with van der Waals surface area (Å²) in [5.74, 6) is 0.736. The molecule has 7 aromatic carbocycles. The zero-order valence-corrected chi connectivity index (χ0v) is 33.0. The van der Waals surface area contributed by atoms with Crippen LogP contribution in [0.2, 0.25) is 0 Å². The molecule has 0 bridgehead atoms. The molecule has 4 nitrogen and oxygen atoms in total. The van der Waals surface area contributed by atoms with Crippen molar-refractivity contribution in [2.24, 2.45) is 0 Å². The normalized spacial score (nSPS) is 11.0. The Morgan fingerprint density at radius 1 is 0.375 bits per heavy atom. The van der Waals surface area contributed by atoms with E-state index in [1.54, 1.807) is 0 Å². The molecule has 0 aliphatic rings. The molecule has 274 valence electrons. The van der Waals surface area contributed by atoms with Crippen molar-refractivity contribution in [2.45, 2.75) is 41.5 Å². The lowest BCUT2D eigenvalue weighted by molar-refractivity contribution is 1.13. The summed E-state index contributed by atoms with van der Waals surface area (Å²) in [6.45, 7) is 13.2. The van der Waals surface area contributed by atoms with Crippen LogP contribution in [-0.2, 0) is 0 Å². The van der Waals surface area contributed by atoms with E-state index in [4.69, 9.17) is 9.97 Å². The van der Waals surface area contributed by atoms with E-state index in [1.165, 1.54) is 61.4 Å². The molecule has 8 aromatic rings. The van der Waals surface area contributed by atoms with Crippen molar-refractivity contribution < 1.29 is 0 Å². The van der Waals surface area contributed by atoms with E-state index in [9.17, 15) is 0 Å². The zero-order chi connectivity index (χ0) is 38.8.